The van der Waals surface area contributed by atoms with Crippen LogP contribution in [0.15, 0.2) is 18.3 Å². The van der Waals surface area contributed by atoms with E-state index in [1.165, 1.54) is 13.0 Å². The van der Waals surface area contributed by atoms with Crippen LogP contribution in [0.5, 0.6) is 0 Å². The monoisotopic (exact) mass is 235 g/mol. The number of hydrogen-bond donors (Lipinski definition) is 1. The zero-order valence-corrected chi connectivity index (χ0v) is 10.6. The van der Waals surface area contributed by atoms with E-state index < -0.39 is 0 Å². The van der Waals surface area contributed by atoms with Crippen LogP contribution in [0.2, 0.25) is 0 Å². The molecule has 1 unspecified atom stereocenters. The van der Waals surface area contributed by atoms with E-state index in [0.717, 1.165) is 24.5 Å². The van der Waals surface area contributed by atoms with Crippen molar-refractivity contribution in [2.75, 3.05) is 38.6 Å². The molecule has 2 heterocycles. The number of pyridine rings is 1. The fourth-order valence-electron chi connectivity index (χ4n) is 2.55. The van der Waals surface area contributed by atoms with Crippen LogP contribution >= 0.6 is 0 Å². The molecule has 1 aliphatic rings. The Hall–Kier alpha value is -1.13. The molecule has 1 aromatic rings. The molecule has 1 N–H and O–H groups in total. The molecule has 0 spiro atoms. The van der Waals surface area contributed by atoms with Crippen LogP contribution in [0.3, 0.4) is 0 Å². The van der Waals surface area contributed by atoms with Crippen LogP contribution in [0.1, 0.15) is 12.0 Å². The molecule has 4 heteroatoms. The minimum atomic E-state index is 0.0537. The highest BCUT2D eigenvalue weighted by molar-refractivity contribution is 5.45. The fraction of sp³-hybridized carbons (Fsp3) is 0.615. The summed E-state index contributed by atoms with van der Waals surface area (Å²) < 4.78 is 0. The molecule has 0 aliphatic carbocycles. The Bertz CT molecular complexity index is 369. The molecule has 1 aliphatic heterocycles. The van der Waals surface area contributed by atoms with E-state index in [2.05, 4.69) is 28.9 Å². The van der Waals surface area contributed by atoms with Crippen molar-refractivity contribution < 1.29 is 5.11 Å². The van der Waals surface area contributed by atoms with Crippen molar-refractivity contribution in [3.63, 3.8) is 0 Å². The van der Waals surface area contributed by atoms with Gasteiger partial charge in [-0.1, -0.05) is 6.07 Å². The number of anilines is 1. The summed E-state index contributed by atoms with van der Waals surface area (Å²) in [6.45, 7) is 3.41. The number of hydrogen-bond acceptors (Lipinski definition) is 4. The molecule has 1 saturated heterocycles. The van der Waals surface area contributed by atoms with Crippen LogP contribution < -0.4 is 4.90 Å². The Labute approximate surface area is 103 Å². The number of rotatable bonds is 4. The molecule has 1 aromatic heterocycles. The summed E-state index contributed by atoms with van der Waals surface area (Å²) in [7, 11) is 4.22. The molecule has 1 fully saturated rings. The van der Waals surface area contributed by atoms with Gasteiger partial charge in [0.05, 0.1) is 6.61 Å². The van der Waals surface area contributed by atoms with E-state index in [1.54, 1.807) is 6.20 Å². The second-order valence-corrected chi connectivity index (χ2v) is 4.94. The third-order valence-electron chi connectivity index (χ3n) is 3.42. The van der Waals surface area contributed by atoms with Crippen LogP contribution in [0.25, 0.3) is 0 Å². The second kappa shape index (κ2) is 5.47. The molecule has 0 saturated carbocycles. The third kappa shape index (κ3) is 2.96. The Balaban J connectivity index is 2.01. The van der Waals surface area contributed by atoms with Gasteiger partial charge in [-0.3, -0.25) is 0 Å². The van der Waals surface area contributed by atoms with Crippen LogP contribution in [-0.4, -0.2) is 48.7 Å². The standard InChI is InChI=1S/C13H21N3O/c1-15-7-5-11(8-15)9-16(2)13-12(10-17)4-3-6-14-13/h3-4,6,11,17H,5,7-10H2,1-2H3. The van der Waals surface area contributed by atoms with Gasteiger partial charge in [-0.15, -0.1) is 0 Å². The Kier molecular flexibility index (Phi) is 3.97. The molecule has 0 radical (unpaired) electrons. The molecule has 0 bridgehead atoms. The lowest BCUT2D eigenvalue weighted by molar-refractivity contribution is 0.281. The Morgan fingerprint density at radius 1 is 1.59 bits per heavy atom. The first-order valence-electron chi connectivity index (χ1n) is 6.15. The van der Waals surface area contributed by atoms with Gasteiger partial charge in [0.25, 0.3) is 0 Å². The minimum Gasteiger partial charge on any atom is -0.392 e. The van der Waals surface area contributed by atoms with Crippen LogP contribution in [-0.2, 0) is 6.61 Å². The highest BCUT2D eigenvalue weighted by Gasteiger charge is 2.21. The van der Waals surface area contributed by atoms with Gasteiger partial charge < -0.3 is 14.9 Å². The molecular formula is C13H21N3O. The van der Waals surface area contributed by atoms with Gasteiger partial charge in [0.2, 0.25) is 0 Å². The largest absolute Gasteiger partial charge is 0.392 e. The van der Waals surface area contributed by atoms with E-state index in [0.29, 0.717) is 5.92 Å². The van der Waals surface area contributed by atoms with Crippen molar-refractivity contribution in [3.8, 4) is 0 Å². The first-order valence-corrected chi connectivity index (χ1v) is 6.15. The number of aliphatic hydroxyl groups is 1. The first kappa shape index (κ1) is 12.3. The maximum Gasteiger partial charge on any atom is 0.133 e. The summed E-state index contributed by atoms with van der Waals surface area (Å²) in [4.78, 5) is 8.89. The summed E-state index contributed by atoms with van der Waals surface area (Å²) in [6, 6.07) is 3.80. The number of likely N-dealkylation sites (tertiary alicyclic amines) is 1. The molecule has 94 valence electrons. The molecule has 0 aromatic carbocycles. The lowest BCUT2D eigenvalue weighted by atomic mass is 10.1. The fourth-order valence-corrected chi connectivity index (χ4v) is 2.55. The van der Waals surface area contributed by atoms with Crippen molar-refractivity contribution in [2.24, 2.45) is 5.92 Å². The maximum atomic E-state index is 9.30. The van der Waals surface area contributed by atoms with E-state index in [1.807, 2.05) is 12.1 Å². The second-order valence-electron chi connectivity index (χ2n) is 4.94. The molecule has 2 rings (SSSR count). The normalized spacial score (nSPS) is 20.8. The lowest BCUT2D eigenvalue weighted by Crippen LogP contribution is -2.28. The SMILES string of the molecule is CN1CCC(CN(C)c2ncccc2CO)C1. The number of nitrogens with zero attached hydrogens (tertiary/aromatic N) is 3. The van der Waals surface area contributed by atoms with Gasteiger partial charge in [0.15, 0.2) is 0 Å². The number of aromatic nitrogens is 1. The summed E-state index contributed by atoms with van der Waals surface area (Å²) in [5, 5.41) is 9.30. The van der Waals surface area contributed by atoms with Crippen LogP contribution in [0, 0.1) is 5.92 Å². The van der Waals surface area contributed by atoms with E-state index >= 15 is 0 Å². The zero-order chi connectivity index (χ0) is 12.3. The van der Waals surface area contributed by atoms with E-state index in [9.17, 15) is 5.11 Å². The van der Waals surface area contributed by atoms with Gasteiger partial charge in [-0.25, -0.2) is 4.98 Å². The van der Waals surface area contributed by atoms with Gasteiger partial charge in [0, 0.05) is 31.9 Å². The Morgan fingerprint density at radius 2 is 2.41 bits per heavy atom. The van der Waals surface area contributed by atoms with Crippen molar-refractivity contribution >= 4 is 5.82 Å². The van der Waals surface area contributed by atoms with Gasteiger partial charge in [0.1, 0.15) is 5.82 Å². The Morgan fingerprint density at radius 3 is 3.06 bits per heavy atom. The zero-order valence-electron chi connectivity index (χ0n) is 10.6. The van der Waals surface area contributed by atoms with E-state index in [4.69, 9.17) is 0 Å². The van der Waals surface area contributed by atoms with Gasteiger partial charge in [-0.2, -0.15) is 0 Å². The quantitative estimate of drug-likeness (QED) is 0.844. The van der Waals surface area contributed by atoms with Crippen LogP contribution in [0.4, 0.5) is 5.82 Å². The number of aliphatic hydroxyl groups excluding tert-OH is 1. The van der Waals surface area contributed by atoms with Crippen molar-refractivity contribution in [3.05, 3.63) is 23.9 Å². The average molecular weight is 235 g/mol. The minimum absolute atomic E-state index is 0.0537. The molecular weight excluding hydrogens is 214 g/mol. The molecule has 4 nitrogen and oxygen atoms in total. The average Bonchev–Trinajstić information content (AvgIpc) is 2.74. The van der Waals surface area contributed by atoms with Gasteiger partial charge in [-0.05, 0) is 32.0 Å². The van der Waals surface area contributed by atoms with Crippen molar-refractivity contribution in [1.29, 1.82) is 0 Å². The summed E-state index contributed by atoms with van der Waals surface area (Å²) >= 11 is 0. The van der Waals surface area contributed by atoms with E-state index in [-0.39, 0.29) is 6.61 Å². The molecule has 1 atom stereocenters. The van der Waals surface area contributed by atoms with Crippen molar-refractivity contribution in [1.82, 2.24) is 9.88 Å². The van der Waals surface area contributed by atoms with Gasteiger partial charge >= 0.3 is 0 Å². The topological polar surface area (TPSA) is 39.6 Å². The lowest BCUT2D eigenvalue weighted by Gasteiger charge is -2.23. The smallest absolute Gasteiger partial charge is 0.133 e. The third-order valence-corrected chi connectivity index (χ3v) is 3.42. The van der Waals surface area contributed by atoms with Crippen molar-refractivity contribution in [2.45, 2.75) is 13.0 Å². The summed E-state index contributed by atoms with van der Waals surface area (Å²) in [6.07, 6.45) is 3.04. The molecule has 17 heavy (non-hydrogen) atoms. The molecule has 0 amide bonds. The predicted molar refractivity (Wildman–Crippen MR) is 69.0 cm³/mol. The first-order chi connectivity index (χ1) is 8.20. The predicted octanol–water partition coefficient (Wildman–Crippen LogP) is 0.962. The highest BCUT2D eigenvalue weighted by atomic mass is 16.3. The summed E-state index contributed by atoms with van der Waals surface area (Å²) in [5.41, 5.74) is 0.904. The highest BCUT2D eigenvalue weighted by Crippen LogP contribution is 2.20. The maximum absolute atomic E-state index is 9.30. The summed E-state index contributed by atoms with van der Waals surface area (Å²) in [5.74, 6) is 1.61.